The summed E-state index contributed by atoms with van der Waals surface area (Å²) in [4.78, 5) is 10.7. The third-order valence-electron chi connectivity index (χ3n) is 1.40. The molecule has 0 atom stereocenters. The fourth-order valence-electron chi connectivity index (χ4n) is 0.795. The first-order valence-electron chi connectivity index (χ1n) is 3.54. The lowest BCUT2D eigenvalue weighted by atomic mass is 10.2. The minimum atomic E-state index is -0.496. The highest BCUT2D eigenvalue weighted by Crippen LogP contribution is 2.07. The number of carbonyl (C=O) groups is 1. The zero-order chi connectivity index (χ0) is 9.68. The van der Waals surface area contributed by atoms with Gasteiger partial charge in [0.05, 0.1) is 11.6 Å². The van der Waals surface area contributed by atoms with E-state index in [-0.39, 0.29) is 0 Å². The van der Waals surface area contributed by atoms with Crippen molar-refractivity contribution in [3.05, 3.63) is 29.8 Å². The van der Waals surface area contributed by atoms with Crippen molar-refractivity contribution in [2.75, 3.05) is 5.32 Å². The van der Waals surface area contributed by atoms with Crippen LogP contribution in [0.1, 0.15) is 5.56 Å². The third-order valence-corrected chi connectivity index (χ3v) is 1.40. The topological polar surface area (TPSA) is 52.9 Å². The van der Waals surface area contributed by atoms with Crippen LogP contribution < -0.4 is 5.32 Å². The predicted molar refractivity (Wildman–Crippen MR) is 48.6 cm³/mol. The standard InChI is InChI=1S/C10H6N2O/c1-2-10(13)12-9-5-3-8(7-11)4-6-9/h1,3-6H,(H,12,13). The molecular weight excluding hydrogens is 164 g/mol. The van der Waals surface area contributed by atoms with E-state index in [0.717, 1.165) is 0 Å². The van der Waals surface area contributed by atoms with Gasteiger partial charge in [0.15, 0.2) is 0 Å². The summed E-state index contributed by atoms with van der Waals surface area (Å²) in [6.45, 7) is 0. The van der Waals surface area contributed by atoms with Crippen LogP contribution in [0.4, 0.5) is 5.69 Å². The summed E-state index contributed by atoms with van der Waals surface area (Å²) in [6, 6.07) is 8.41. The Morgan fingerprint density at radius 1 is 1.38 bits per heavy atom. The molecule has 1 rings (SSSR count). The summed E-state index contributed by atoms with van der Waals surface area (Å²) in [5.74, 6) is 1.43. The van der Waals surface area contributed by atoms with E-state index in [1.165, 1.54) is 0 Å². The van der Waals surface area contributed by atoms with Crippen molar-refractivity contribution >= 4 is 11.6 Å². The van der Waals surface area contributed by atoms with Crippen LogP contribution in [-0.2, 0) is 4.79 Å². The lowest BCUT2D eigenvalue weighted by molar-refractivity contribution is -0.111. The molecule has 0 saturated heterocycles. The second kappa shape index (κ2) is 3.94. The zero-order valence-corrected chi connectivity index (χ0v) is 6.74. The van der Waals surface area contributed by atoms with Crippen LogP contribution >= 0.6 is 0 Å². The molecule has 1 amide bonds. The number of carbonyl (C=O) groups excluding carboxylic acids is 1. The van der Waals surface area contributed by atoms with Gasteiger partial charge in [-0.25, -0.2) is 0 Å². The first-order chi connectivity index (χ1) is 6.26. The van der Waals surface area contributed by atoms with Crippen molar-refractivity contribution in [3.8, 4) is 18.4 Å². The lowest BCUT2D eigenvalue weighted by Crippen LogP contribution is -2.07. The van der Waals surface area contributed by atoms with Crippen LogP contribution in [0.3, 0.4) is 0 Å². The molecule has 0 bridgehead atoms. The summed E-state index contributed by atoms with van der Waals surface area (Å²) in [7, 11) is 0. The largest absolute Gasteiger partial charge is 0.315 e. The number of hydrogen-bond acceptors (Lipinski definition) is 2. The highest BCUT2D eigenvalue weighted by molar-refractivity contribution is 6.03. The van der Waals surface area contributed by atoms with Gasteiger partial charge in [-0.2, -0.15) is 5.26 Å². The highest BCUT2D eigenvalue weighted by atomic mass is 16.1. The van der Waals surface area contributed by atoms with E-state index in [9.17, 15) is 4.79 Å². The van der Waals surface area contributed by atoms with Gasteiger partial charge in [-0.05, 0) is 30.2 Å². The first kappa shape index (κ1) is 8.83. The lowest BCUT2D eigenvalue weighted by Gasteiger charge is -1.99. The Kier molecular flexibility index (Phi) is 2.68. The molecule has 0 radical (unpaired) electrons. The molecule has 1 aromatic rings. The molecule has 0 fully saturated rings. The zero-order valence-electron chi connectivity index (χ0n) is 6.74. The fourth-order valence-corrected chi connectivity index (χ4v) is 0.795. The SMILES string of the molecule is C#CC(=O)Nc1ccc(C#N)cc1. The number of nitrogens with one attached hydrogen (secondary N) is 1. The maximum Gasteiger partial charge on any atom is 0.300 e. The van der Waals surface area contributed by atoms with Gasteiger partial charge < -0.3 is 5.32 Å². The Morgan fingerprint density at radius 3 is 2.46 bits per heavy atom. The van der Waals surface area contributed by atoms with Crippen LogP contribution in [0.25, 0.3) is 0 Å². The summed E-state index contributed by atoms with van der Waals surface area (Å²) < 4.78 is 0. The summed E-state index contributed by atoms with van der Waals surface area (Å²) >= 11 is 0. The van der Waals surface area contributed by atoms with Gasteiger partial charge in [-0.15, -0.1) is 6.42 Å². The molecule has 0 heterocycles. The molecule has 3 heteroatoms. The average molecular weight is 170 g/mol. The summed E-state index contributed by atoms with van der Waals surface area (Å²) in [5.41, 5.74) is 1.13. The second-order valence-electron chi connectivity index (χ2n) is 2.29. The van der Waals surface area contributed by atoms with Crippen LogP contribution in [0, 0.1) is 23.7 Å². The van der Waals surface area contributed by atoms with Gasteiger partial charge in [0.25, 0.3) is 5.91 Å². The van der Waals surface area contributed by atoms with E-state index in [0.29, 0.717) is 11.3 Å². The molecule has 0 spiro atoms. The van der Waals surface area contributed by atoms with Gasteiger partial charge in [-0.1, -0.05) is 0 Å². The van der Waals surface area contributed by atoms with Crippen molar-refractivity contribution in [3.63, 3.8) is 0 Å². The molecule has 62 valence electrons. The molecule has 0 unspecified atom stereocenters. The van der Waals surface area contributed by atoms with Crippen LogP contribution in [-0.4, -0.2) is 5.91 Å². The van der Waals surface area contributed by atoms with Crippen molar-refractivity contribution in [2.24, 2.45) is 0 Å². The monoisotopic (exact) mass is 170 g/mol. The average Bonchev–Trinajstić information content (AvgIpc) is 2.19. The molecule has 3 nitrogen and oxygen atoms in total. The molecule has 0 saturated carbocycles. The molecule has 0 aromatic heterocycles. The highest BCUT2D eigenvalue weighted by Gasteiger charge is 1.96. The number of benzene rings is 1. The van der Waals surface area contributed by atoms with E-state index in [1.807, 2.05) is 12.0 Å². The predicted octanol–water partition coefficient (Wildman–Crippen LogP) is 1.13. The minimum absolute atomic E-state index is 0.496. The molecule has 0 aliphatic heterocycles. The molecule has 0 aliphatic carbocycles. The number of nitriles is 1. The van der Waals surface area contributed by atoms with Crippen LogP contribution in [0.2, 0.25) is 0 Å². The Hall–Kier alpha value is -2.26. The first-order valence-corrected chi connectivity index (χ1v) is 3.54. The van der Waals surface area contributed by atoms with E-state index in [1.54, 1.807) is 24.3 Å². The molecule has 13 heavy (non-hydrogen) atoms. The number of anilines is 1. The maximum absolute atomic E-state index is 10.7. The molecule has 1 aromatic carbocycles. The summed E-state index contributed by atoms with van der Waals surface area (Å²) in [5, 5.41) is 10.9. The van der Waals surface area contributed by atoms with Gasteiger partial charge >= 0.3 is 0 Å². The minimum Gasteiger partial charge on any atom is -0.315 e. The van der Waals surface area contributed by atoms with Gasteiger partial charge in [0.2, 0.25) is 0 Å². The van der Waals surface area contributed by atoms with Crippen LogP contribution in [0.15, 0.2) is 24.3 Å². The maximum atomic E-state index is 10.7. The van der Waals surface area contributed by atoms with Crippen molar-refractivity contribution < 1.29 is 4.79 Å². The summed E-state index contributed by atoms with van der Waals surface area (Å²) in [6.07, 6.45) is 4.86. The van der Waals surface area contributed by atoms with E-state index in [2.05, 4.69) is 5.32 Å². The van der Waals surface area contributed by atoms with E-state index in [4.69, 9.17) is 11.7 Å². The van der Waals surface area contributed by atoms with Gasteiger partial charge in [0, 0.05) is 5.69 Å². The van der Waals surface area contributed by atoms with Gasteiger partial charge in [0.1, 0.15) is 0 Å². The second-order valence-corrected chi connectivity index (χ2v) is 2.29. The fraction of sp³-hybridized carbons (Fsp3) is 0. The Labute approximate surface area is 76.0 Å². The normalized spacial score (nSPS) is 8.15. The van der Waals surface area contributed by atoms with Crippen molar-refractivity contribution in [1.29, 1.82) is 5.26 Å². The number of nitrogens with zero attached hydrogens (tertiary/aromatic N) is 1. The third kappa shape index (κ3) is 2.36. The number of amides is 1. The Bertz CT molecular complexity index is 392. The van der Waals surface area contributed by atoms with Crippen LogP contribution in [0.5, 0.6) is 0 Å². The van der Waals surface area contributed by atoms with E-state index >= 15 is 0 Å². The Morgan fingerprint density at radius 2 is 2.00 bits per heavy atom. The van der Waals surface area contributed by atoms with Crippen molar-refractivity contribution in [1.82, 2.24) is 0 Å². The molecule has 1 N–H and O–H groups in total. The van der Waals surface area contributed by atoms with E-state index < -0.39 is 5.91 Å². The number of hydrogen-bond donors (Lipinski definition) is 1. The number of terminal acetylenes is 1. The Balaban J connectivity index is 2.78. The molecule has 0 aliphatic rings. The quantitative estimate of drug-likeness (QED) is 0.642. The number of rotatable bonds is 1. The molecular formula is C10H6N2O. The van der Waals surface area contributed by atoms with Crippen molar-refractivity contribution in [2.45, 2.75) is 0 Å². The smallest absolute Gasteiger partial charge is 0.300 e. The van der Waals surface area contributed by atoms with Gasteiger partial charge in [-0.3, -0.25) is 4.79 Å².